The van der Waals surface area contributed by atoms with Crippen LogP contribution in [0.5, 0.6) is 11.5 Å². The van der Waals surface area contributed by atoms with Gasteiger partial charge in [-0.3, -0.25) is 4.79 Å². The van der Waals surface area contributed by atoms with Crippen molar-refractivity contribution in [3.63, 3.8) is 0 Å². The molecule has 0 saturated carbocycles. The zero-order valence-corrected chi connectivity index (χ0v) is 11.5. The molecule has 0 aliphatic heterocycles. The van der Waals surface area contributed by atoms with E-state index in [0.29, 0.717) is 11.3 Å². The first-order valence-electron chi connectivity index (χ1n) is 6.26. The van der Waals surface area contributed by atoms with Gasteiger partial charge < -0.3 is 9.84 Å². The molecule has 2 aromatic rings. The Kier molecular flexibility index (Phi) is 4.20. The van der Waals surface area contributed by atoms with Crippen LogP contribution in [0.3, 0.4) is 0 Å². The van der Waals surface area contributed by atoms with Crippen LogP contribution in [0.4, 0.5) is 0 Å². The summed E-state index contributed by atoms with van der Waals surface area (Å²) in [5.74, 6) is 0.408. The number of phenolic OH excluding ortho intramolecular Hbond substituents is 1. The Morgan fingerprint density at radius 3 is 2.70 bits per heavy atom. The molecule has 0 aliphatic rings. The molecule has 102 valence electrons. The minimum atomic E-state index is -0.0549. The van der Waals surface area contributed by atoms with E-state index in [-0.39, 0.29) is 11.5 Å². The number of carbonyl (C=O) groups is 1. The maximum absolute atomic E-state index is 12.0. The van der Waals surface area contributed by atoms with Crippen LogP contribution in [0.1, 0.15) is 21.5 Å². The molecule has 0 fully saturated rings. The summed E-state index contributed by atoms with van der Waals surface area (Å²) in [6.07, 6.45) is 3.22. The van der Waals surface area contributed by atoms with Gasteiger partial charge in [-0.2, -0.15) is 0 Å². The third kappa shape index (κ3) is 3.26. The molecule has 0 spiro atoms. The van der Waals surface area contributed by atoms with Gasteiger partial charge in [0.2, 0.25) is 0 Å². The fourth-order valence-corrected chi connectivity index (χ4v) is 1.86. The van der Waals surface area contributed by atoms with Gasteiger partial charge in [0.25, 0.3) is 0 Å². The molecule has 0 amide bonds. The molecule has 0 saturated heterocycles. The second-order valence-electron chi connectivity index (χ2n) is 4.50. The minimum Gasteiger partial charge on any atom is -0.504 e. The number of benzene rings is 2. The molecule has 0 radical (unpaired) electrons. The Morgan fingerprint density at radius 1 is 1.20 bits per heavy atom. The van der Waals surface area contributed by atoms with E-state index in [9.17, 15) is 9.90 Å². The smallest absolute Gasteiger partial charge is 0.185 e. The van der Waals surface area contributed by atoms with Crippen molar-refractivity contribution in [2.45, 2.75) is 6.92 Å². The first-order chi connectivity index (χ1) is 9.60. The van der Waals surface area contributed by atoms with E-state index in [0.717, 1.165) is 11.1 Å². The molecule has 3 heteroatoms. The molecule has 0 heterocycles. The molecule has 0 bridgehead atoms. The molecular formula is C17H16O3. The average Bonchev–Trinajstić information content (AvgIpc) is 2.46. The van der Waals surface area contributed by atoms with Gasteiger partial charge in [-0.15, -0.1) is 0 Å². The lowest BCUT2D eigenvalue weighted by Crippen LogP contribution is -1.94. The van der Waals surface area contributed by atoms with Gasteiger partial charge in [-0.25, -0.2) is 0 Å². The lowest BCUT2D eigenvalue weighted by Gasteiger charge is -2.03. The van der Waals surface area contributed by atoms with E-state index in [1.54, 1.807) is 24.3 Å². The van der Waals surface area contributed by atoms with Gasteiger partial charge in [0.05, 0.1) is 7.11 Å². The van der Waals surface area contributed by atoms with Crippen LogP contribution in [0.2, 0.25) is 0 Å². The van der Waals surface area contributed by atoms with Crippen LogP contribution < -0.4 is 4.74 Å². The van der Waals surface area contributed by atoms with E-state index in [1.165, 1.54) is 19.3 Å². The van der Waals surface area contributed by atoms with Crippen LogP contribution in [0, 0.1) is 6.92 Å². The fraction of sp³-hybridized carbons (Fsp3) is 0.118. The average molecular weight is 268 g/mol. The molecule has 0 aromatic heterocycles. The van der Waals surface area contributed by atoms with Gasteiger partial charge in [0, 0.05) is 5.56 Å². The Balaban J connectivity index is 2.19. The largest absolute Gasteiger partial charge is 0.504 e. The number of aryl methyl sites for hydroxylation is 1. The Bertz CT molecular complexity index is 657. The summed E-state index contributed by atoms with van der Waals surface area (Å²) < 4.78 is 5.02. The summed E-state index contributed by atoms with van der Waals surface area (Å²) in [5, 5.41) is 9.50. The van der Waals surface area contributed by atoms with E-state index in [4.69, 9.17) is 4.74 Å². The summed E-state index contributed by atoms with van der Waals surface area (Å²) in [5.41, 5.74) is 2.50. The number of carbonyl (C=O) groups excluding carboxylic acids is 1. The number of hydrogen-bond donors (Lipinski definition) is 1. The van der Waals surface area contributed by atoms with Crippen LogP contribution in [-0.2, 0) is 0 Å². The zero-order chi connectivity index (χ0) is 14.5. The summed E-state index contributed by atoms with van der Waals surface area (Å²) in [7, 11) is 1.49. The standard InChI is InChI=1S/C17H16O3/c1-12-4-3-5-14(10-12)15(18)8-6-13-7-9-16(19)17(11-13)20-2/h3-11,19H,1-2H3/b8-6+. The molecule has 20 heavy (non-hydrogen) atoms. The van der Waals surface area contributed by atoms with Gasteiger partial charge >= 0.3 is 0 Å². The topological polar surface area (TPSA) is 46.5 Å². The van der Waals surface area contributed by atoms with Crippen molar-refractivity contribution in [3.05, 3.63) is 65.2 Å². The SMILES string of the molecule is COc1cc(/C=C/C(=O)c2cccc(C)c2)ccc1O. The second-order valence-corrected chi connectivity index (χ2v) is 4.50. The zero-order valence-electron chi connectivity index (χ0n) is 11.5. The summed E-state index contributed by atoms with van der Waals surface area (Å²) in [6.45, 7) is 1.95. The first kappa shape index (κ1) is 13.9. The molecule has 3 nitrogen and oxygen atoms in total. The lowest BCUT2D eigenvalue weighted by atomic mass is 10.1. The van der Waals surface area contributed by atoms with E-state index >= 15 is 0 Å². The van der Waals surface area contributed by atoms with Crippen LogP contribution in [0.25, 0.3) is 6.08 Å². The Hall–Kier alpha value is -2.55. The van der Waals surface area contributed by atoms with Crippen LogP contribution in [0.15, 0.2) is 48.5 Å². The Morgan fingerprint density at radius 2 is 2.00 bits per heavy atom. The quantitative estimate of drug-likeness (QED) is 0.680. The monoisotopic (exact) mass is 268 g/mol. The maximum atomic E-state index is 12.0. The van der Waals surface area contributed by atoms with E-state index in [2.05, 4.69) is 0 Å². The van der Waals surface area contributed by atoms with Crippen molar-refractivity contribution in [1.82, 2.24) is 0 Å². The predicted molar refractivity (Wildman–Crippen MR) is 79.2 cm³/mol. The van der Waals surface area contributed by atoms with E-state index in [1.807, 2.05) is 25.1 Å². The molecule has 0 atom stereocenters. The van der Waals surface area contributed by atoms with Crippen molar-refractivity contribution in [2.75, 3.05) is 7.11 Å². The minimum absolute atomic E-state index is 0.0549. The number of hydrogen-bond acceptors (Lipinski definition) is 3. The van der Waals surface area contributed by atoms with Crippen LogP contribution in [-0.4, -0.2) is 18.0 Å². The molecular weight excluding hydrogens is 252 g/mol. The third-order valence-electron chi connectivity index (χ3n) is 2.93. The van der Waals surface area contributed by atoms with Gasteiger partial charge in [-0.05, 0) is 36.8 Å². The predicted octanol–water partition coefficient (Wildman–Crippen LogP) is 3.61. The number of ether oxygens (including phenoxy) is 1. The van der Waals surface area contributed by atoms with E-state index < -0.39 is 0 Å². The van der Waals surface area contributed by atoms with Crippen molar-refractivity contribution >= 4 is 11.9 Å². The second kappa shape index (κ2) is 6.06. The van der Waals surface area contributed by atoms with Crippen molar-refractivity contribution < 1.29 is 14.6 Å². The van der Waals surface area contributed by atoms with Crippen molar-refractivity contribution in [1.29, 1.82) is 0 Å². The molecule has 0 aliphatic carbocycles. The Labute approximate surface area is 118 Å². The molecule has 2 aromatic carbocycles. The highest BCUT2D eigenvalue weighted by Crippen LogP contribution is 2.26. The third-order valence-corrected chi connectivity index (χ3v) is 2.93. The first-order valence-corrected chi connectivity index (χ1v) is 6.26. The number of methoxy groups -OCH3 is 1. The normalized spacial score (nSPS) is 10.7. The summed E-state index contributed by atoms with van der Waals surface area (Å²) >= 11 is 0. The summed E-state index contributed by atoms with van der Waals surface area (Å²) in [6, 6.07) is 12.4. The van der Waals surface area contributed by atoms with Crippen molar-refractivity contribution in [3.8, 4) is 11.5 Å². The van der Waals surface area contributed by atoms with Crippen LogP contribution >= 0.6 is 0 Å². The lowest BCUT2D eigenvalue weighted by molar-refractivity contribution is 0.104. The number of phenols is 1. The highest BCUT2D eigenvalue weighted by Gasteiger charge is 2.03. The number of allylic oxidation sites excluding steroid dienone is 1. The highest BCUT2D eigenvalue weighted by atomic mass is 16.5. The van der Waals surface area contributed by atoms with Gasteiger partial charge in [0.1, 0.15) is 0 Å². The number of aromatic hydroxyl groups is 1. The van der Waals surface area contributed by atoms with Crippen molar-refractivity contribution in [2.24, 2.45) is 0 Å². The van der Waals surface area contributed by atoms with Gasteiger partial charge in [-0.1, -0.05) is 35.9 Å². The molecule has 0 unspecified atom stereocenters. The molecule has 2 rings (SSSR count). The summed E-state index contributed by atoms with van der Waals surface area (Å²) in [4.78, 5) is 12.0. The molecule has 1 N–H and O–H groups in total. The number of ketones is 1. The fourth-order valence-electron chi connectivity index (χ4n) is 1.86. The van der Waals surface area contributed by atoms with Gasteiger partial charge in [0.15, 0.2) is 17.3 Å². The number of rotatable bonds is 4. The highest BCUT2D eigenvalue weighted by molar-refractivity contribution is 6.06. The maximum Gasteiger partial charge on any atom is 0.185 e.